The molecule has 6 nitrogen and oxygen atoms in total. The van der Waals surface area contributed by atoms with Crippen molar-refractivity contribution in [2.24, 2.45) is 17.3 Å². The summed E-state index contributed by atoms with van der Waals surface area (Å²) in [6.45, 7) is 23.7. The molecule has 8 heteroatoms. The highest BCUT2D eigenvalue weighted by Gasteiger charge is 2.31. The Labute approximate surface area is 255 Å². The first-order chi connectivity index (χ1) is 19.7. The van der Waals surface area contributed by atoms with Gasteiger partial charge in [0.1, 0.15) is 10.3 Å². The summed E-state index contributed by atoms with van der Waals surface area (Å²) in [7, 11) is -3.41. The van der Waals surface area contributed by atoms with E-state index in [1.807, 2.05) is 0 Å². The molecule has 2 aromatic heterocycles. The highest BCUT2D eigenvalue weighted by molar-refractivity contribution is 8.21. The Kier molecular flexibility index (Phi) is 10.7. The van der Waals surface area contributed by atoms with Crippen LogP contribution >= 0.6 is 11.3 Å². The van der Waals surface area contributed by atoms with Gasteiger partial charge < -0.3 is 5.11 Å². The second-order valence-electron chi connectivity index (χ2n) is 12.0. The number of ketones is 1. The highest BCUT2D eigenvalue weighted by atomic mass is 32.2. The maximum Gasteiger partial charge on any atom is 0.217 e. The van der Waals surface area contributed by atoms with Crippen LogP contribution in [0.25, 0.3) is 10.3 Å². The third-order valence-corrected chi connectivity index (χ3v) is 12.1. The van der Waals surface area contributed by atoms with Gasteiger partial charge in [-0.1, -0.05) is 76.1 Å². The normalized spacial score (nSPS) is 17.9. The van der Waals surface area contributed by atoms with Gasteiger partial charge >= 0.3 is 0 Å². The predicted octanol–water partition coefficient (Wildman–Crippen LogP) is 7.28. The molecule has 0 unspecified atom stereocenters. The molecule has 0 bridgehead atoms. The third-order valence-electron chi connectivity index (χ3n) is 8.41. The molecule has 1 aliphatic rings. The Hall–Kier alpha value is -3.07. The number of nitrogens with zero attached hydrogens (tertiary/aromatic N) is 2. The zero-order valence-electron chi connectivity index (χ0n) is 25.7. The first kappa shape index (κ1) is 33.4. The van der Waals surface area contributed by atoms with Gasteiger partial charge in [0.05, 0.1) is 0 Å². The van der Waals surface area contributed by atoms with E-state index in [0.29, 0.717) is 38.2 Å². The van der Waals surface area contributed by atoms with E-state index in [9.17, 15) is 18.9 Å². The molecule has 1 N–H and O–H groups in total. The van der Waals surface area contributed by atoms with E-state index in [1.54, 1.807) is 45.1 Å². The molecular formula is C34H44N2O4S2. The van der Waals surface area contributed by atoms with Crippen molar-refractivity contribution < 1.29 is 18.9 Å². The first-order valence-corrected chi connectivity index (χ1v) is 16.8. The fraction of sp³-hybridized carbons (Fsp3) is 0.412. The maximum atomic E-state index is 13.6. The van der Waals surface area contributed by atoms with Crippen LogP contribution < -0.4 is 0 Å². The second kappa shape index (κ2) is 13.5. The zero-order chi connectivity index (χ0) is 31.4. The van der Waals surface area contributed by atoms with E-state index in [2.05, 4.69) is 51.6 Å². The smallest absolute Gasteiger partial charge is 0.217 e. The number of allylic oxidation sites excluding steroid dienone is 8. The Morgan fingerprint density at radius 2 is 1.93 bits per heavy atom. The Bertz CT molecular complexity index is 1570. The number of aliphatic hydroxyl groups is 1. The Balaban J connectivity index is 1.91. The lowest BCUT2D eigenvalue weighted by molar-refractivity contribution is 0.102. The maximum absolute atomic E-state index is 13.6. The third kappa shape index (κ3) is 6.93. The second-order valence-corrected chi connectivity index (χ2v) is 15.8. The number of carbonyl (C=O) groups excluding carboxylic acids is 2. The van der Waals surface area contributed by atoms with E-state index in [4.69, 9.17) is 4.98 Å². The molecule has 0 fully saturated rings. The average molecular weight is 609 g/mol. The van der Waals surface area contributed by atoms with Crippen molar-refractivity contribution in [1.29, 1.82) is 0 Å². The largest absolute Gasteiger partial charge is 0.396 e. The molecule has 3 rings (SSSR count). The number of carbonyl (C=O) groups is 2. The van der Waals surface area contributed by atoms with Crippen molar-refractivity contribution in [1.82, 2.24) is 9.97 Å². The standard InChI is InChI=1S/C34H44N2O4S2/c1-10-22(4)42(40,20-38)24(6)21(3)12-13-25(11-2)28(16-17-37)23(5)31(39)33-36-30-19-26-18-27(34(7,8)9)14-15-29(26)35-32(30)41-33/h10-13,19-20,27-28,37,42H,2,5-6,14-18H2,1,3-4,7-9H3/b21-12+,22-10-,25-13+/t27-,28-/m0/s1. The summed E-state index contributed by atoms with van der Waals surface area (Å²) in [6.07, 6.45) is 9.94. The molecule has 2 aromatic rings. The number of aliphatic hydroxyl groups excluding tert-OH is 1. The van der Waals surface area contributed by atoms with E-state index in [1.165, 1.54) is 16.9 Å². The van der Waals surface area contributed by atoms with Gasteiger partial charge in [0.2, 0.25) is 5.78 Å². The topological polar surface area (TPSA) is 97.2 Å². The first-order valence-electron chi connectivity index (χ1n) is 14.3. The summed E-state index contributed by atoms with van der Waals surface area (Å²) in [5, 5.41) is 10.2. The fourth-order valence-electron chi connectivity index (χ4n) is 5.27. The van der Waals surface area contributed by atoms with Crippen molar-refractivity contribution in [2.75, 3.05) is 6.61 Å². The van der Waals surface area contributed by atoms with Crippen LogP contribution in [0.3, 0.4) is 0 Å². The lowest BCUT2D eigenvalue weighted by Gasteiger charge is -2.34. The summed E-state index contributed by atoms with van der Waals surface area (Å²) < 4.78 is 13.3. The molecule has 2 atom stereocenters. The van der Waals surface area contributed by atoms with E-state index in [0.717, 1.165) is 35.3 Å². The number of hydrogen-bond acceptors (Lipinski definition) is 7. The predicted molar refractivity (Wildman–Crippen MR) is 178 cm³/mol. The van der Waals surface area contributed by atoms with Gasteiger partial charge in [0.15, 0.2) is 10.6 Å². The summed E-state index contributed by atoms with van der Waals surface area (Å²) in [6, 6.07) is 2.08. The lowest BCUT2D eigenvalue weighted by atomic mass is 9.71. The number of thiol groups is 1. The number of pyridine rings is 1. The number of Topliss-reactive ketones (excluding diaryl/α,β-unsaturated/α-hetero) is 1. The van der Waals surface area contributed by atoms with E-state index >= 15 is 0 Å². The van der Waals surface area contributed by atoms with E-state index in [-0.39, 0.29) is 29.1 Å². The molecule has 226 valence electrons. The van der Waals surface area contributed by atoms with Crippen molar-refractivity contribution >= 4 is 43.0 Å². The molecule has 0 spiro atoms. The van der Waals surface area contributed by atoms with E-state index < -0.39 is 15.9 Å². The van der Waals surface area contributed by atoms with Gasteiger partial charge in [0.25, 0.3) is 0 Å². The van der Waals surface area contributed by atoms with Crippen LogP contribution in [0.4, 0.5) is 0 Å². The molecule has 1 aliphatic carbocycles. The van der Waals surface area contributed by atoms with Crippen LogP contribution in [-0.2, 0) is 27.6 Å². The molecule has 0 radical (unpaired) electrons. The Morgan fingerprint density at radius 3 is 2.50 bits per heavy atom. The molecule has 0 aliphatic heterocycles. The summed E-state index contributed by atoms with van der Waals surface area (Å²) in [5.41, 5.74) is 5.22. The minimum absolute atomic E-state index is 0.165. The molecule has 0 saturated heterocycles. The molecule has 0 saturated carbocycles. The minimum atomic E-state index is -3.41. The van der Waals surface area contributed by atoms with Crippen LogP contribution in [0.15, 0.2) is 76.6 Å². The fourth-order valence-corrected chi connectivity index (χ4v) is 7.89. The number of aromatic nitrogens is 2. The summed E-state index contributed by atoms with van der Waals surface area (Å²) in [5.74, 6) is -0.248. The van der Waals surface area contributed by atoms with Crippen LogP contribution in [0.1, 0.15) is 75.4 Å². The molecular weight excluding hydrogens is 565 g/mol. The van der Waals surface area contributed by atoms with Crippen LogP contribution in [0.5, 0.6) is 0 Å². The number of aryl methyl sites for hydroxylation is 1. The average Bonchev–Trinajstić information content (AvgIpc) is 3.39. The van der Waals surface area contributed by atoms with Gasteiger partial charge in [-0.15, -0.1) is 0 Å². The summed E-state index contributed by atoms with van der Waals surface area (Å²) >= 11 is 1.27. The highest BCUT2D eigenvalue weighted by Crippen LogP contribution is 2.38. The molecule has 0 amide bonds. The van der Waals surface area contributed by atoms with Gasteiger partial charge in [-0.3, -0.25) is 13.8 Å². The number of hydrogen-bond donors (Lipinski definition) is 2. The SMILES string of the molecule is C=C/C(=C\C=C(/C)C(=C)[SH](=O)(C=O)/C(C)=C\C)[C@@H](CCO)C(=C)C(=O)c1nc2cc3c(nc2s1)CC[C@H](C(C)(C)C)C3. The quantitative estimate of drug-likeness (QED) is 0.0864. The van der Waals surface area contributed by atoms with Crippen LogP contribution in [0.2, 0.25) is 0 Å². The van der Waals surface area contributed by atoms with Crippen LogP contribution in [0, 0.1) is 17.3 Å². The van der Waals surface area contributed by atoms with Gasteiger partial charge in [-0.2, -0.15) is 0 Å². The molecule has 2 heterocycles. The number of rotatable bonds is 12. The minimum Gasteiger partial charge on any atom is -0.396 e. The summed E-state index contributed by atoms with van der Waals surface area (Å²) in [4.78, 5) is 36.4. The Morgan fingerprint density at radius 1 is 1.24 bits per heavy atom. The van der Waals surface area contributed by atoms with Crippen molar-refractivity contribution in [3.05, 3.63) is 92.9 Å². The van der Waals surface area contributed by atoms with Crippen molar-refractivity contribution in [3.8, 4) is 0 Å². The monoisotopic (exact) mass is 608 g/mol. The van der Waals surface area contributed by atoms with Gasteiger partial charge in [0, 0.05) is 28.7 Å². The number of fused-ring (bicyclic) bond motifs is 2. The van der Waals surface area contributed by atoms with Gasteiger partial charge in [-0.25, -0.2) is 9.97 Å². The lowest BCUT2D eigenvalue weighted by Crippen LogP contribution is -2.27. The van der Waals surface area contributed by atoms with Crippen LogP contribution in [-0.4, -0.2) is 37.3 Å². The molecule has 42 heavy (non-hydrogen) atoms. The molecule has 0 aromatic carbocycles. The van der Waals surface area contributed by atoms with Crippen molar-refractivity contribution in [3.63, 3.8) is 0 Å². The van der Waals surface area contributed by atoms with Crippen molar-refractivity contribution in [2.45, 2.75) is 67.2 Å². The number of thiazole rings is 1. The zero-order valence-corrected chi connectivity index (χ0v) is 27.4. The van der Waals surface area contributed by atoms with Gasteiger partial charge in [-0.05, 0) is 95.4 Å².